The predicted octanol–water partition coefficient (Wildman–Crippen LogP) is 2.69. The number of nitrogens with one attached hydrogen (secondary N) is 2. The zero-order chi connectivity index (χ0) is 14.6. The van der Waals surface area contributed by atoms with Gasteiger partial charge in [0.1, 0.15) is 11.9 Å². The lowest BCUT2D eigenvalue weighted by atomic mass is 10.0. The van der Waals surface area contributed by atoms with E-state index in [1.807, 2.05) is 0 Å². The Morgan fingerprint density at radius 2 is 1.95 bits per heavy atom. The average Bonchev–Trinajstić information content (AvgIpc) is 2.29. The lowest BCUT2D eigenvalue weighted by molar-refractivity contribution is -0.126. The second kappa shape index (κ2) is 6.65. The van der Waals surface area contributed by atoms with Crippen molar-refractivity contribution >= 4 is 33.4 Å². The van der Waals surface area contributed by atoms with Gasteiger partial charge in [-0.15, -0.1) is 0 Å². The van der Waals surface area contributed by atoms with E-state index in [0.717, 1.165) is 0 Å². The lowest BCUT2D eigenvalue weighted by Crippen LogP contribution is -2.46. The summed E-state index contributed by atoms with van der Waals surface area (Å²) in [4.78, 5) is 23.1. The maximum atomic E-state index is 13.6. The van der Waals surface area contributed by atoms with E-state index in [-0.39, 0.29) is 17.5 Å². The Kier molecular flexibility index (Phi) is 5.47. The molecule has 0 saturated carbocycles. The fourth-order valence-corrected chi connectivity index (χ4v) is 1.89. The predicted molar refractivity (Wildman–Crippen MR) is 75.2 cm³/mol. The van der Waals surface area contributed by atoms with Gasteiger partial charge < -0.3 is 10.6 Å². The smallest absolute Gasteiger partial charge is 0.247 e. The molecule has 0 spiro atoms. The van der Waals surface area contributed by atoms with Gasteiger partial charge in [-0.3, -0.25) is 9.59 Å². The van der Waals surface area contributed by atoms with Crippen LogP contribution in [0.25, 0.3) is 0 Å². The highest BCUT2D eigenvalue weighted by Crippen LogP contribution is 2.20. The van der Waals surface area contributed by atoms with E-state index in [4.69, 9.17) is 0 Å². The van der Waals surface area contributed by atoms with Crippen LogP contribution in [0.4, 0.5) is 10.1 Å². The molecular formula is C13H16BrFN2O2. The minimum atomic E-state index is -0.694. The summed E-state index contributed by atoms with van der Waals surface area (Å²) in [5.41, 5.74) is 0.0872. The van der Waals surface area contributed by atoms with Gasteiger partial charge in [-0.1, -0.05) is 29.8 Å². The van der Waals surface area contributed by atoms with Crippen molar-refractivity contribution in [1.29, 1.82) is 0 Å². The fourth-order valence-electron chi connectivity index (χ4n) is 1.56. The first-order valence-corrected chi connectivity index (χ1v) is 6.63. The summed E-state index contributed by atoms with van der Waals surface area (Å²) in [7, 11) is 0. The molecule has 2 amide bonds. The van der Waals surface area contributed by atoms with Crippen molar-refractivity contribution in [3.63, 3.8) is 0 Å². The minimum absolute atomic E-state index is 0.0872. The Hall–Kier alpha value is -1.43. The molecule has 104 valence electrons. The minimum Gasteiger partial charge on any atom is -0.344 e. The molecule has 0 aliphatic carbocycles. The quantitative estimate of drug-likeness (QED) is 0.891. The second-order valence-corrected chi connectivity index (χ2v) is 5.45. The van der Waals surface area contributed by atoms with Crippen LogP contribution >= 0.6 is 15.9 Å². The molecule has 1 aromatic rings. The van der Waals surface area contributed by atoms with Gasteiger partial charge in [0.05, 0.1) is 5.69 Å². The summed E-state index contributed by atoms with van der Waals surface area (Å²) in [5, 5.41) is 5.02. The molecule has 19 heavy (non-hydrogen) atoms. The van der Waals surface area contributed by atoms with Crippen molar-refractivity contribution in [3.05, 3.63) is 28.5 Å². The van der Waals surface area contributed by atoms with Gasteiger partial charge in [0.15, 0.2) is 0 Å². The van der Waals surface area contributed by atoms with Crippen LogP contribution in [0.3, 0.4) is 0 Å². The number of amides is 2. The topological polar surface area (TPSA) is 58.2 Å². The molecule has 0 saturated heterocycles. The molecule has 0 aliphatic heterocycles. The summed E-state index contributed by atoms with van der Waals surface area (Å²) in [6, 6.07) is 3.66. The highest BCUT2D eigenvalue weighted by Gasteiger charge is 2.23. The van der Waals surface area contributed by atoms with E-state index in [2.05, 4.69) is 26.6 Å². The van der Waals surface area contributed by atoms with Crippen molar-refractivity contribution in [2.75, 3.05) is 5.32 Å². The van der Waals surface area contributed by atoms with Crippen LogP contribution in [0.2, 0.25) is 0 Å². The Morgan fingerprint density at radius 1 is 1.32 bits per heavy atom. The maximum Gasteiger partial charge on any atom is 0.247 e. The van der Waals surface area contributed by atoms with Crippen LogP contribution in [-0.2, 0) is 9.59 Å². The fraction of sp³-hybridized carbons (Fsp3) is 0.385. The molecule has 4 nitrogen and oxygen atoms in total. The van der Waals surface area contributed by atoms with Crippen molar-refractivity contribution in [3.8, 4) is 0 Å². The molecule has 0 aliphatic rings. The van der Waals surface area contributed by atoms with Gasteiger partial charge in [-0.05, 0) is 24.1 Å². The van der Waals surface area contributed by atoms with Crippen LogP contribution in [0, 0.1) is 11.7 Å². The van der Waals surface area contributed by atoms with E-state index in [1.54, 1.807) is 19.9 Å². The van der Waals surface area contributed by atoms with Gasteiger partial charge in [0.2, 0.25) is 11.8 Å². The lowest BCUT2D eigenvalue weighted by Gasteiger charge is -2.21. The molecule has 1 aromatic carbocycles. The third kappa shape index (κ3) is 4.63. The standard InChI is InChI=1S/C13H16BrFN2O2/c1-7(2)12(16-8(3)18)13(19)17-11-5-4-9(14)6-10(11)15/h4-7,12H,1-3H3,(H,16,18)(H,17,19). The summed E-state index contributed by atoms with van der Waals surface area (Å²) in [6.07, 6.45) is 0. The van der Waals surface area contributed by atoms with E-state index >= 15 is 0 Å². The van der Waals surface area contributed by atoms with Crippen molar-refractivity contribution < 1.29 is 14.0 Å². The molecular weight excluding hydrogens is 315 g/mol. The van der Waals surface area contributed by atoms with Crippen LogP contribution in [0.5, 0.6) is 0 Å². The van der Waals surface area contributed by atoms with Gasteiger partial charge in [-0.25, -0.2) is 4.39 Å². The first kappa shape index (κ1) is 15.6. The Balaban J connectivity index is 2.84. The number of benzene rings is 1. The molecule has 1 unspecified atom stereocenters. The number of anilines is 1. The van der Waals surface area contributed by atoms with Crippen LogP contribution in [-0.4, -0.2) is 17.9 Å². The number of halogens is 2. The zero-order valence-electron chi connectivity index (χ0n) is 11.0. The van der Waals surface area contributed by atoms with Crippen molar-refractivity contribution in [2.45, 2.75) is 26.8 Å². The number of hydrogen-bond donors (Lipinski definition) is 2. The third-order valence-electron chi connectivity index (χ3n) is 2.50. The molecule has 0 bridgehead atoms. The molecule has 1 atom stereocenters. The number of carbonyl (C=O) groups excluding carboxylic acids is 2. The van der Waals surface area contributed by atoms with E-state index in [9.17, 15) is 14.0 Å². The zero-order valence-corrected chi connectivity index (χ0v) is 12.5. The summed E-state index contributed by atoms with van der Waals surface area (Å²) >= 11 is 3.14. The van der Waals surface area contributed by atoms with E-state index in [0.29, 0.717) is 4.47 Å². The Bertz CT molecular complexity index is 492. The van der Waals surface area contributed by atoms with Gasteiger partial charge in [0, 0.05) is 11.4 Å². The second-order valence-electron chi connectivity index (χ2n) is 4.54. The largest absolute Gasteiger partial charge is 0.344 e. The third-order valence-corrected chi connectivity index (χ3v) is 2.99. The van der Waals surface area contributed by atoms with Gasteiger partial charge in [-0.2, -0.15) is 0 Å². The van der Waals surface area contributed by atoms with Crippen LogP contribution in [0.1, 0.15) is 20.8 Å². The molecule has 2 N–H and O–H groups in total. The monoisotopic (exact) mass is 330 g/mol. The molecule has 0 radical (unpaired) electrons. The van der Waals surface area contributed by atoms with Gasteiger partial charge in [0.25, 0.3) is 0 Å². The van der Waals surface area contributed by atoms with Crippen LogP contribution in [0.15, 0.2) is 22.7 Å². The Labute approximate surface area is 119 Å². The maximum absolute atomic E-state index is 13.6. The SMILES string of the molecule is CC(=O)NC(C(=O)Nc1ccc(Br)cc1F)C(C)C. The highest BCUT2D eigenvalue weighted by atomic mass is 79.9. The molecule has 0 heterocycles. The highest BCUT2D eigenvalue weighted by molar-refractivity contribution is 9.10. The summed E-state index contributed by atoms with van der Waals surface area (Å²) in [5.74, 6) is -1.37. The van der Waals surface area contributed by atoms with Gasteiger partial charge >= 0.3 is 0 Å². The summed E-state index contributed by atoms with van der Waals surface area (Å²) in [6.45, 7) is 4.94. The Morgan fingerprint density at radius 3 is 2.42 bits per heavy atom. The number of carbonyl (C=O) groups is 2. The van der Waals surface area contributed by atoms with E-state index < -0.39 is 17.8 Å². The molecule has 1 rings (SSSR count). The van der Waals surface area contributed by atoms with E-state index in [1.165, 1.54) is 19.1 Å². The molecule has 6 heteroatoms. The van der Waals surface area contributed by atoms with Crippen LogP contribution < -0.4 is 10.6 Å². The molecule has 0 fully saturated rings. The summed E-state index contributed by atoms with van der Waals surface area (Å²) < 4.78 is 14.2. The number of hydrogen-bond acceptors (Lipinski definition) is 2. The van der Waals surface area contributed by atoms with Crippen molar-refractivity contribution in [2.24, 2.45) is 5.92 Å². The first-order chi connectivity index (χ1) is 8.81. The first-order valence-electron chi connectivity index (χ1n) is 5.84. The normalized spacial score (nSPS) is 12.1. The average molecular weight is 331 g/mol. The van der Waals surface area contributed by atoms with Crippen molar-refractivity contribution in [1.82, 2.24) is 5.32 Å². The molecule has 0 aromatic heterocycles. The number of rotatable bonds is 4.